The second-order valence-corrected chi connectivity index (χ2v) is 6.27. The van der Waals surface area contributed by atoms with Gasteiger partial charge in [0.15, 0.2) is 0 Å². The summed E-state index contributed by atoms with van der Waals surface area (Å²) in [6, 6.07) is 8.34. The lowest BCUT2D eigenvalue weighted by atomic mass is 10.2. The van der Waals surface area contributed by atoms with Crippen molar-refractivity contribution in [3.05, 3.63) is 29.8 Å². The molecule has 116 valence electrons. The molecule has 0 spiro atoms. The summed E-state index contributed by atoms with van der Waals surface area (Å²) in [7, 11) is 4.27. The molecule has 1 unspecified atom stereocenters. The van der Waals surface area contributed by atoms with Gasteiger partial charge in [0.25, 0.3) is 0 Å². The Balaban J connectivity index is 1.81. The first kappa shape index (κ1) is 16.2. The average molecular weight is 307 g/mol. The third-order valence-electron chi connectivity index (χ3n) is 3.84. The molecule has 5 heteroatoms. The molecule has 1 aliphatic heterocycles. The Morgan fingerprint density at radius 1 is 1.48 bits per heavy atom. The first-order valence-electron chi connectivity index (χ1n) is 7.47. The van der Waals surface area contributed by atoms with Crippen molar-refractivity contribution in [3.63, 3.8) is 0 Å². The van der Waals surface area contributed by atoms with Gasteiger partial charge in [-0.25, -0.2) is 0 Å². The standard InChI is InChI=1S/C16H25N3OS/c1-18(2)12-14-6-4-8-19(14)9-10-20-15-7-3-5-13(11-15)16(17)21/h3,5,7,11,14H,4,6,8-10,12H2,1-2H3,(H2,17,21). The number of hydrogen-bond donors (Lipinski definition) is 1. The minimum atomic E-state index is 0.408. The van der Waals surface area contributed by atoms with Gasteiger partial charge in [0, 0.05) is 24.7 Å². The van der Waals surface area contributed by atoms with Crippen molar-refractivity contribution in [3.8, 4) is 5.75 Å². The van der Waals surface area contributed by atoms with Crippen molar-refractivity contribution in [1.82, 2.24) is 9.80 Å². The van der Waals surface area contributed by atoms with Crippen LogP contribution in [-0.4, -0.2) is 61.2 Å². The Morgan fingerprint density at radius 2 is 2.29 bits per heavy atom. The van der Waals surface area contributed by atoms with Crippen molar-refractivity contribution in [2.45, 2.75) is 18.9 Å². The van der Waals surface area contributed by atoms with Gasteiger partial charge < -0.3 is 15.4 Å². The van der Waals surface area contributed by atoms with E-state index in [-0.39, 0.29) is 0 Å². The van der Waals surface area contributed by atoms with Gasteiger partial charge in [-0.05, 0) is 45.6 Å². The highest BCUT2D eigenvalue weighted by molar-refractivity contribution is 7.80. The molecule has 1 heterocycles. The van der Waals surface area contributed by atoms with Crippen LogP contribution in [0.15, 0.2) is 24.3 Å². The maximum absolute atomic E-state index is 5.84. The summed E-state index contributed by atoms with van der Waals surface area (Å²) < 4.78 is 5.84. The van der Waals surface area contributed by atoms with Crippen LogP contribution in [0, 0.1) is 0 Å². The highest BCUT2D eigenvalue weighted by Gasteiger charge is 2.24. The summed E-state index contributed by atoms with van der Waals surface area (Å²) in [5, 5.41) is 0. The maximum atomic E-state index is 5.84. The monoisotopic (exact) mass is 307 g/mol. The summed E-state index contributed by atoms with van der Waals surface area (Å²) in [5.41, 5.74) is 6.49. The van der Waals surface area contributed by atoms with Gasteiger partial charge in [0.1, 0.15) is 17.3 Å². The third kappa shape index (κ3) is 4.95. The Hall–Kier alpha value is -1.17. The van der Waals surface area contributed by atoms with E-state index in [1.165, 1.54) is 19.4 Å². The molecule has 1 aliphatic rings. The molecule has 0 amide bonds. The number of thiocarbonyl (C=S) groups is 1. The summed E-state index contributed by atoms with van der Waals surface area (Å²) in [6.45, 7) is 3.96. The molecule has 1 aromatic rings. The quantitative estimate of drug-likeness (QED) is 0.777. The van der Waals surface area contributed by atoms with Crippen LogP contribution in [-0.2, 0) is 0 Å². The van der Waals surface area contributed by atoms with Crippen LogP contribution < -0.4 is 10.5 Å². The number of likely N-dealkylation sites (tertiary alicyclic amines) is 1. The molecule has 0 aromatic heterocycles. The van der Waals surface area contributed by atoms with Crippen LogP contribution in [0.25, 0.3) is 0 Å². The Kier molecular flexibility index (Phi) is 5.96. The zero-order valence-electron chi connectivity index (χ0n) is 12.9. The average Bonchev–Trinajstić information content (AvgIpc) is 2.86. The van der Waals surface area contributed by atoms with Crippen LogP contribution in [0.1, 0.15) is 18.4 Å². The number of hydrogen-bond acceptors (Lipinski definition) is 4. The number of nitrogens with zero attached hydrogens (tertiary/aromatic N) is 2. The molecule has 4 nitrogen and oxygen atoms in total. The number of likely N-dealkylation sites (N-methyl/N-ethyl adjacent to an activating group) is 1. The molecule has 2 N–H and O–H groups in total. The molecule has 0 bridgehead atoms. The zero-order valence-corrected chi connectivity index (χ0v) is 13.7. The van der Waals surface area contributed by atoms with Gasteiger partial charge in [0.2, 0.25) is 0 Å². The van der Waals surface area contributed by atoms with Crippen LogP contribution >= 0.6 is 12.2 Å². The van der Waals surface area contributed by atoms with Crippen LogP contribution in [0.5, 0.6) is 5.75 Å². The summed E-state index contributed by atoms with van der Waals surface area (Å²) in [6.07, 6.45) is 2.57. The number of nitrogens with two attached hydrogens (primary N) is 1. The van der Waals surface area contributed by atoms with E-state index in [0.717, 1.165) is 24.4 Å². The van der Waals surface area contributed by atoms with E-state index in [1.54, 1.807) is 0 Å². The summed E-state index contributed by atoms with van der Waals surface area (Å²) >= 11 is 4.99. The first-order chi connectivity index (χ1) is 10.1. The van der Waals surface area contributed by atoms with Gasteiger partial charge in [-0.2, -0.15) is 0 Å². The topological polar surface area (TPSA) is 41.7 Å². The van der Waals surface area contributed by atoms with E-state index < -0.39 is 0 Å². The van der Waals surface area contributed by atoms with Gasteiger partial charge in [-0.1, -0.05) is 24.4 Å². The predicted molar refractivity (Wildman–Crippen MR) is 91.0 cm³/mol. The Morgan fingerprint density at radius 3 is 3.00 bits per heavy atom. The van der Waals surface area contributed by atoms with E-state index in [9.17, 15) is 0 Å². The largest absolute Gasteiger partial charge is 0.492 e. The van der Waals surface area contributed by atoms with Crippen LogP contribution in [0.3, 0.4) is 0 Å². The first-order valence-corrected chi connectivity index (χ1v) is 7.88. The van der Waals surface area contributed by atoms with Gasteiger partial charge in [-0.15, -0.1) is 0 Å². The lowest BCUT2D eigenvalue weighted by Gasteiger charge is -2.26. The SMILES string of the molecule is CN(C)CC1CCCN1CCOc1cccc(C(N)=S)c1. The van der Waals surface area contributed by atoms with E-state index in [2.05, 4.69) is 23.9 Å². The van der Waals surface area contributed by atoms with Gasteiger partial charge >= 0.3 is 0 Å². The van der Waals surface area contributed by atoms with Crippen molar-refractivity contribution in [2.24, 2.45) is 5.73 Å². The molecule has 2 rings (SSSR count). The molecule has 1 saturated heterocycles. The third-order valence-corrected chi connectivity index (χ3v) is 4.08. The maximum Gasteiger partial charge on any atom is 0.120 e. The van der Waals surface area contributed by atoms with Crippen molar-refractivity contribution < 1.29 is 4.74 Å². The normalized spacial score (nSPS) is 19.1. The fraction of sp³-hybridized carbons (Fsp3) is 0.562. The fourth-order valence-corrected chi connectivity index (χ4v) is 2.96. The van der Waals surface area contributed by atoms with E-state index >= 15 is 0 Å². The van der Waals surface area contributed by atoms with E-state index in [4.69, 9.17) is 22.7 Å². The zero-order chi connectivity index (χ0) is 15.2. The van der Waals surface area contributed by atoms with Crippen LogP contribution in [0.2, 0.25) is 0 Å². The molecule has 21 heavy (non-hydrogen) atoms. The lowest BCUT2D eigenvalue weighted by Crippen LogP contribution is -2.39. The minimum Gasteiger partial charge on any atom is -0.492 e. The van der Waals surface area contributed by atoms with Gasteiger partial charge in [0.05, 0.1) is 0 Å². The molecular formula is C16H25N3OS. The number of benzene rings is 1. The Bertz CT molecular complexity index is 478. The fourth-order valence-electron chi connectivity index (χ4n) is 2.84. The summed E-state index contributed by atoms with van der Waals surface area (Å²) in [4.78, 5) is 5.19. The second kappa shape index (κ2) is 7.73. The molecule has 1 aromatic carbocycles. The molecule has 0 radical (unpaired) electrons. The highest BCUT2D eigenvalue weighted by Crippen LogP contribution is 2.18. The second-order valence-electron chi connectivity index (χ2n) is 5.83. The minimum absolute atomic E-state index is 0.408. The van der Waals surface area contributed by atoms with Crippen molar-refractivity contribution >= 4 is 17.2 Å². The predicted octanol–water partition coefficient (Wildman–Crippen LogP) is 1.73. The van der Waals surface area contributed by atoms with Crippen molar-refractivity contribution in [2.75, 3.05) is 40.3 Å². The van der Waals surface area contributed by atoms with Crippen molar-refractivity contribution in [1.29, 1.82) is 0 Å². The van der Waals surface area contributed by atoms with Gasteiger partial charge in [-0.3, -0.25) is 4.90 Å². The molecule has 1 atom stereocenters. The van der Waals surface area contributed by atoms with E-state index in [0.29, 0.717) is 17.6 Å². The Labute approximate surface area is 132 Å². The molecule has 1 fully saturated rings. The summed E-state index contributed by atoms with van der Waals surface area (Å²) in [5.74, 6) is 0.837. The number of ether oxygens (including phenoxy) is 1. The molecule has 0 saturated carbocycles. The lowest BCUT2D eigenvalue weighted by molar-refractivity contribution is 0.172. The highest BCUT2D eigenvalue weighted by atomic mass is 32.1. The number of rotatable bonds is 7. The molecular weight excluding hydrogens is 282 g/mol. The van der Waals surface area contributed by atoms with E-state index in [1.807, 2.05) is 24.3 Å². The van der Waals surface area contributed by atoms with Crippen LogP contribution in [0.4, 0.5) is 0 Å². The smallest absolute Gasteiger partial charge is 0.120 e. The molecule has 0 aliphatic carbocycles.